The van der Waals surface area contributed by atoms with E-state index in [0.29, 0.717) is 0 Å². The minimum absolute atomic E-state index is 0.843. The first-order valence-electron chi connectivity index (χ1n) is 3.27. The van der Waals surface area contributed by atoms with Crippen molar-refractivity contribution in [2.45, 2.75) is 0 Å². The molecular weight excluding hydrogens is 144 g/mol. The lowest BCUT2D eigenvalue weighted by Gasteiger charge is -1.97. The number of ether oxygens (including phenoxy) is 1. The van der Waals surface area contributed by atoms with Crippen LogP contribution in [0.15, 0.2) is 28.9 Å². The van der Waals surface area contributed by atoms with Crippen molar-refractivity contribution >= 4 is 0 Å². The number of methoxy groups -OCH3 is 1. The molecule has 0 unspecified atom stereocenters. The second-order valence-corrected chi connectivity index (χ2v) is 2.17. The lowest BCUT2D eigenvalue weighted by Crippen LogP contribution is -1.84. The molecule has 0 bridgehead atoms. The molecule has 4 heteroatoms. The van der Waals surface area contributed by atoms with Crippen LogP contribution in [0.3, 0.4) is 0 Å². The number of nitrogens with one attached hydrogen (secondary N) is 1. The normalized spacial score (nSPS) is 10.3. The maximum Gasteiger partial charge on any atom is 0.119 e. The van der Waals surface area contributed by atoms with Crippen LogP contribution in [0.25, 0.3) is 5.69 Å². The summed E-state index contributed by atoms with van der Waals surface area (Å²) in [7, 11) is 1.64. The van der Waals surface area contributed by atoms with Gasteiger partial charge < -0.3 is 4.74 Å². The SMILES string of the molecule is COc1ccc(-n2[nH]o2)cc1. The fourth-order valence-electron chi connectivity index (χ4n) is 0.843. The molecule has 2 aromatic rings. The third kappa shape index (κ3) is 1.14. The zero-order valence-corrected chi connectivity index (χ0v) is 6.07. The Labute approximate surface area is 63.3 Å². The van der Waals surface area contributed by atoms with Gasteiger partial charge in [-0.25, -0.2) is 0 Å². The van der Waals surface area contributed by atoms with Crippen LogP contribution in [0.1, 0.15) is 0 Å². The van der Waals surface area contributed by atoms with E-state index >= 15 is 0 Å². The van der Waals surface area contributed by atoms with Crippen LogP contribution in [0.4, 0.5) is 0 Å². The average Bonchev–Trinajstić information content (AvgIpc) is 2.87. The molecular formula is C7H8N2O2. The smallest absolute Gasteiger partial charge is 0.119 e. The van der Waals surface area contributed by atoms with E-state index in [1.54, 1.807) is 12.0 Å². The molecule has 0 radical (unpaired) electrons. The minimum Gasteiger partial charge on any atom is -0.497 e. The van der Waals surface area contributed by atoms with Crippen LogP contribution in [0, 0.1) is 0 Å². The monoisotopic (exact) mass is 152 g/mol. The fraction of sp³-hybridized carbons (Fsp3) is 0.143. The van der Waals surface area contributed by atoms with Crippen molar-refractivity contribution in [1.29, 1.82) is 0 Å². The Hall–Kier alpha value is -1.58. The largest absolute Gasteiger partial charge is 0.497 e. The summed E-state index contributed by atoms with van der Waals surface area (Å²) in [6.07, 6.45) is 0. The van der Waals surface area contributed by atoms with Crippen molar-refractivity contribution in [3.63, 3.8) is 0 Å². The minimum atomic E-state index is 0.843. The summed E-state index contributed by atoms with van der Waals surface area (Å²) in [6.45, 7) is 0. The number of aromatic amines is 1. The lowest BCUT2D eigenvalue weighted by atomic mass is 10.3. The van der Waals surface area contributed by atoms with Gasteiger partial charge in [-0.05, 0) is 24.3 Å². The first-order valence-corrected chi connectivity index (χ1v) is 3.27. The quantitative estimate of drug-likeness (QED) is 0.706. The Kier molecular flexibility index (Phi) is 1.25. The van der Waals surface area contributed by atoms with E-state index in [-0.39, 0.29) is 0 Å². The van der Waals surface area contributed by atoms with Crippen LogP contribution in [-0.4, -0.2) is 17.2 Å². The molecule has 0 atom stereocenters. The van der Waals surface area contributed by atoms with Crippen LogP contribution in [0.5, 0.6) is 5.75 Å². The van der Waals surface area contributed by atoms with Gasteiger partial charge >= 0.3 is 0 Å². The van der Waals surface area contributed by atoms with Crippen molar-refractivity contribution < 1.29 is 9.37 Å². The van der Waals surface area contributed by atoms with Gasteiger partial charge in [0.1, 0.15) is 11.4 Å². The second-order valence-electron chi connectivity index (χ2n) is 2.17. The molecule has 2 rings (SSSR count). The number of rotatable bonds is 2. The first kappa shape index (κ1) is 6.15. The summed E-state index contributed by atoms with van der Waals surface area (Å²) in [6, 6.07) is 7.55. The van der Waals surface area contributed by atoms with E-state index in [1.807, 2.05) is 24.3 Å². The summed E-state index contributed by atoms with van der Waals surface area (Å²) in [4.78, 5) is 1.56. The standard InChI is InChI=1S/C7H8N2O2/c1-10-7-4-2-6(3-5-7)9-8-11-9/h2-5,8H,1H3. The lowest BCUT2D eigenvalue weighted by molar-refractivity contribution is 0.414. The van der Waals surface area contributed by atoms with Gasteiger partial charge in [0.2, 0.25) is 0 Å². The van der Waals surface area contributed by atoms with Gasteiger partial charge in [0.05, 0.1) is 7.11 Å². The predicted octanol–water partition coefficient (Wildman–Crippen LogP) is 1.41. The molecule has 0 aliphatic heterocycles. The number of aromatic nitrogens is 2. The van der Waals surface area contributed by atoms with Crippen LogP contribution >= 0.6 is 0 Å². The van der Waals surface area contributed by atoms with Gasteiger partial charge in [0, 0.05) is 0 Å². The third-order valence-corrected chi connectivity index (χ3v) is 1.49. The van der Waals surface area contributed by atoms with Crippen LogP contribution in [0.2, 0.25) is 0 Å². The van der Waals surface area contributed by atoms with Gasteiger partial charge in [-0.1, -0.05) is 10.1 Å². The molecule has 0 saturated heterocycles. The number of hydrogen-bond donors (Lipinski definition) is 1. The molecule has 1 aromatic carbocycles. The number of benzene rings is 1. The average molecular weight is 152 g/mol. The fourth-order valence-corrected chi connectivity index (χ4v) is 0.843. The zero-order valence-electron chi connectivity index (χ0n) is 6.07. The van der Waals surface area contributed by atoms with Gasteiger partial charge in [0.25, 0.3) is 0 Å². The molecule has 0 fully saturated rings. The zero-order chi connectivity index (χ0) is 7.68. The molecule has 0 spiro atoms. The Morgan fingerprint density at radius 3 is 2.45 bits per heavy atom. The van der Waals surface area contributed by atoms with E-state index in [4.69, 9.17) is 9.37 Å². The Morgan fingerprint density at radius 1 is 1.36 bits per heavy atom. The van der Waals surface area contributed by atoms with Crippen molar-refractivity contribution in [2.24, 2.45) is 0 Å². The summed E-state index contributed by atoms with van der Waals surface area (Å²) in [5.41, 5.74) is 0.964. The molecule has 58 valence electrons. The topological polar surface area (TPSA) is 43.1 Å². The Balaban J connectivity index is 2.29. The molecule has 1 heterocycles. The van der Waals surface area contributed by atoms with E-state index in [0.717, 1.165) is 11.4 Å². The van der Waals surface area contributed by atoms with Crippen molar-refractivity contribution in [3.05, 3.63) is 24.3 Å². The molecule has 0 aliphatic rings. The number of H-pyrrole nitrogens is 1. The van der Waals surface area contributed by atoms with Crippen molar-refractivity contribution in [1.82, 2.24) is 10.1 Å². The van der Waals surface area contributed by atoms with E-state index in [1.165, 1.54) is 0 Å². The number of hydrogen-bond acceptors (Lipinski definition) is 2. The van der Waals surface area contributed by atoms with E-state index in [9.17, 15) is 0 Å². The van der Waals surface area contributed by atoms with Gasteiger partial charge in [-0.2, -0.15) is 0 Å². The Morgan fingerprint density at radius 2 is 2.00 bits per heavy atom. The van der Waals surface area contributed by atoms with Crippen LogP contribution in [-0.2, 0) is 0 Å². The third-order valence-electron chi connectivity index (χ3n) is 1.49. The highest BCUT2D eigenvalue weighted by Gasteiger charge is 2.00. The Bertz CT molecular complexity index is 306. The highest BCUT2D eigenvalue weighted by Crippen LogP contribution is 2.14. The first-order chi connectivity index (χ1) is 5.40. The molecule has 11 heavy (non-hydrogen) atoms. The van der Waals surface area contributed by atoms with Gasteiger partial charge in [-0.3, -0.25) is 4.63 Å². The van der Waals surface area contributed by atoms with E-state index < -0.39 is 0 Å². The maximum atomic E-state index is 4.99. The summed E-state index contributed by atoms with van der Waals surface area (Å²) < 4.78 is 9.70. The molecule has 0 saturated carbocycles. The van der Waals surface area contributed by atoms with E-state index in [2.05, 4.69) is 5.27 Å². The summed E-state index contributed by atoms with van der Waals surface area (Å²) in [5, 5.41) is 2.58. The maximum absolute atomic E-state index is 4.99. The second kappa shape index (κ2) is 2.23. The highest BCUT2D eigenvalue weighted by atomic mass is 16.7. The molecule has 4 nitrogen and oxygen atoms in total. The highest BCUT2D eigenvalue weighted by molar-refractivity contribution is 5.35. The van der Waals surface area contributed by atoms with Crippen molar-refractivity contribution in [3.8, 4) is 11.4 Å². The molecule has 1 N–H and O–H groups in total. The molecule has 0 amide bonds. The van der Waals surface area contributed by atoms with Crippen molar-refractivity contribution in [2.75, 3.05) is 7.11 Å². The van der Waals surface area contributed by atoms with Crippen LogP contribution < -0.4 is 4.74 Å². The number of nitrogens with zero attached hydrogens (tertiary/aromatic N) is 1. The molecule has 0 aliphatic carbocycles. The predicted molar refractivity (Wildman–Crippen MR) is 38.9 cm³/mol. The summed E-state index contributed by atoms with van der Waals surface area (Å²) in [5.74, 6) is 0.843. The summed E-state index contributed by atoms with van der Waals surface area (Å²) >= 11 is 0. The molecule has 1 aromatic heterocycles. The van der Waals surface area contributed by atoms with Gasteiger partial charge in [0.15, 0.2) is 0 Å². The van der Waals surface area contributed by atoms with Gasteiger partial charge in [-0.15, -0.1) is 0 Å².